The van der Waals surface area contributed by atoms with Gasteiger partial charge in [-0.15, -0.1) is 0 Å². The first-order chi connectivity index (χ1) is 9.65. The molecule has 0 amide bonds. The molecule has 1 heterocycles. The van der Waals surface area contributed by atoms with Crippen LogP contribution in [0, 0.1) is 5.95 Å². The molecule has 111 valence electrons. The Morgan fingerprint density at radius 1 is 0.800 bits per heavy atom. The van der Waals surface area contributed by atoms with Gasteiger partial charge in [0.25, 0.3) is 0 Å². The first-order valence-corrected chi connectivity index (χ1v) is 9.50. The van der Waals surface area contributed by atoms with Crippen molar-refractivity contribution in [3.63, 3.8) is 0 Å². The fourth-order valence-corrected chi connectivity index (χ4v) is 3.64. The number of nitrogens with zero attached hydrogens (tertiary/aromatic N) is 1. The minimum atomic E-state index is -0.198. The predicted octanol–water partition coefficient (Wildman–Crippen LogP) is 4.04. The van der Waals surface area contributed by atoms with Gasteiger partial charge in [0, 0.05) is 0 Å². The zero-order chi connectivity index (χ0) is 15.0. The third-order valence-corrected chi connectivity index (χ3v) is 4.99. The molecule has 0 unspecified atom stereocenters. The normalized spacial score (nSPS) is 11.1. The Kier molecular flexibility index (Phi) is 8.74. The number of hydrogen-bond acceptors (Lipinski definition) is 1. The van der Waals surface area contributed by atoms with Crippen LogP contribution in [-0.2, 0) is 19.3 Å². The number of unbranched alkanes of at least 4 members (excludes halogenated alkanes) is 3. The van der Waals surface area contributed by atoms with Gasteiger partial charge in [0.15, 0.2) is 0 Å². The standard InChI is InChI=1S/C17H27FN.Sn/c1-4-7-10-14-13-19-17(18)16(12-9-6-3)15(14)11-8-5-2;/h4-12H2,1-3H3;. The minimum absolute atomic E-state index is 0.198. The number of halogens is 1. The average molecular weight is 383 g/mol. The quantitative estimate of drug-likeness (QED) is 0.464. The summed E-state index contributed by atoms with van der Waals surface area (Å²) in [6.07, 6.45) is 9.79. The van der Waals surface area contributed by atoms with E-state index in [4.69, 9.17) is 0 Å². The molecule has 3 radical (unpaired) electrons. The molecule has 0 aliphatic rings. The maximum absolute atomic E-state index is 14.3. The molecule has 0 aliphatic heterocycles. The molecule has 0 aromatic carbocycles. The van der Waals surface area contributed by atoms with Gasteiger partial charge in [-0.2, -0.15) is 0 Å². The van der Waals surface area contributed by atoms with Crippen molar-refractivity contribution in [3.05, 3.63) is 22.6 Å². The Labute approximate surface area is 136 Å². The molecule has 1 aromatic rings. The molecule has 0 saturated carbocycles. The van der Waals surface area contributed by atoms with Crippen LogP contribution in [0.25, 0.3) is 0 Å². The molecule has 3 heteroatoms. The van der Waals surface area contributed by atoms with Crippen LogP contribution < -0.4 is 3.71 Å². The van der Waals surface area contributed by atoms with Crippen molar-refractivity contribution in [1.29, 1.82) is 0 Å². The van der Waals surface area contributed by atoms with Gasteiger partial charge in [-0.1, -0.05) is 0 Å². The average Bonchev–Trinajstić information content (AvgIpc) is 2.43. The van der Waals surface area contributed by atoms with Crippen LogP contribution in [0.15, 0.2) is 0 Å². The summed E-state index contributed by atoms with van der Waals surface area (Å²) in [4.78, 5) is 4.22. The Morgan fingerprint density at radius 3 is 1.75 bits per heavy atom. The van der Waals surface area contributed by atoms with Crippen molar-refractivity contribution in [2.45, 2.75) is 78.6 Å². The van der Waals surface area contributed by atoms with Gasteiger partial charge in [-0.25, -0.2) is 0 Å². The topological polar surface area (TPSA) is 12.9 Å². The summed E-state index contributed by atoms with van der Waals surface area (Å²) < 4.78 is 15.3. The number of aromatic nitrogens is 1. The molecule has 0 N–H and O–H groups in total. The van der Waals surface area contributed by atoms with Crippen molar-refractivity contribution in [3.8, 4) is 0 Å². The van der Waals surface area contributed by atoms with Crippen LogP contribution >= 0.6 is 0 Å². The van der Waals surface area contributed by atoms with Crippen molar-refractivity contribution in [2.24, 2.45) is 0 Å². The monoisotopic (exact) mass is 384 g/mol. The van der Waals surface area contributed by atoms with Gasteiger partial charge in [-0.3, -0.25) is 0 Å². The van der Waals surface area contributed by atoms with E-state index in [2.05, 4.69) is 25.8 Å². The molecule has 0 spiro atoms. The van der Waals surface area contributed by atoms with Crippen molar-refractivity contribution < 1.29 is 4.39 Å². The number of rotatable bonds is 9. The zero-order valence-electron chi connectivity index (χ0n) is 13.2. The first-order valence-electron chi connectivity index (χ1n) is 8.07. The van der Waals surface area contributed by atoms with Gasteiger partial charge < -0.3 is 0 Å². The van der Waals surface area contributed by atoms with Crippen LogP contribution in [0.5, 0.6) is 0 Å². The number of pyridine rings is 1. The first kappa shape index (κ1) is 17.9. The van der Waals surface area contributed by atoms with Gasteiger partial charge in [0.05, 0.1) is 0 Å². The Bertz CT molecular complexity index is 386. The molecular formula is C17H27FNSn. The van der Waals surface area contributed by atoms with Crippen molar-refractivity contribution in [2.75, 3.05) is 0 Å². The van der Waals surface area contributed by atoms with E-state index in [0.29, 0.717) is 0 Å². The summed E-state index contributed by atoms with van der Waals surface area (Å²) in [7, 11) is 0. The summed E-state index contributed by atoms with van der Waals surface area (Å²) >= 11 is 1.24. The van der Waals surface area contributed by atoms with Crippen molar-refractivity contribution in [1.82, 2.24) is 4.98 Å². The summed E-state index contributed by atoms with van der Waals surface area (Å²) in [5.41, 5.74) is 3.58. The summed E-state index contributed by atoms with van der Waals surface area (Å²) in [5.74, 6) is -0.198. The second-order valence-corrected chi connectivity index (χ2v) is 6.85. The molecular weight excluding hydrogens is 356 g/mol. The summed E-state index contributed by atoms with van der Waals surface area (Å²) in [5, 5.41) is 0. The Hall–Kier alpha value is -0.121. The molecule has 20 heavy (non-hydrogen) atoms. The number of hydrogen-bond donors (Lipinski definition) is 0. The van der Waals surface area contributed by atoms with Gasteiger partial charge in [0.1, 0.15) is 0 Å². The van der Waals surface area contributed by atoms with Crippen LogP contribution in [0.3, 0.4) is 0 Å². The SMILES string of the molecule is CCCCc1c(F)n[c]([Sn])c(CCCC)c1CCCC. The van der Waals surface area contributed by atoms with E-state index < -0.39 is 0 Å². The molecule has 0 fully saturated rings. The maximum atomic E-state index is 14.3. The fourth-order valence-electron chi connectivity index (χ4n) is 2.57. The molecule has 0 aliphatic carbocycles. The van der Waals surface area contributed by atoms with E-state index in [1.165, 1.54) is 46.5 Å². The van der Waals surface area contributed by atoms with E-state index >= 15 is 0 Å². The zero-order valence-corrected chi connectivity index (χ0v) is 16.0. The van der Waals surface area contributed by atoms with E-state index in [-0.39, 0.29) is 5.95 Å². The third kappa shape index (κ3) is 5.01. The van der Waals surface area contributed by atoms with Crippen LogP contribution in [-0.4, -0.2) is 27.5 Å². The van der Waals surface area contributed by atoms with Crippen molar-refractivity contribution >= 4 is 26.2 Å². The molecule has 0 saturated heterocycles. The van der Waals surface area contributed by atoms with E-state index in [1.54, 1.807) is 0 Å². The van der Waals surface area contributed by atoms with E-state index in [9.17, 15) is 4.39 Å². The van der Waals surface area contributed by atoms with Crippen LogP contribution in [0.2, 0.25) is 0 Å². The van der Waals surface area contributed by atoms with Gasteiger partial charge in [0.2, 0.25) is 0 Å². The Balaban J connectivity index is 3.16. The molecule has 1 nitrogen and oxygen atoms in total. The fraction of sp³-hybridized carbons (Fsp3) is 0.706. The predicted molar refractivity (Wildman–Crippen MR) is 85.4 cm³/mol. The molecule has 1 aromatic heterocycles. The summed E-state index contributed by atoms with van der Waals surface area (Å²) in [6.45, 7) is 6.57. The van der Waals surface area contributed by atoms with Gasteiger partial charge in [-0.05, 0) is 0 Å². The van der Waals surface area contributed by atoms with E-state index in [1.807, 2.05) is 0 Å². The molecule has 1 rings (SSSR count). The Morgan fingerprint density at radius 2 is 1.25 bits per heavy atom. The molecule has 0 atom stereocenters. The van der Waals surface area contributed by atoms with E-state index in [0.717, 1.165) is 54.2 Å². The molecule has 0 bridgehead atoms. The summed E-state index contributed by atoms with van der Waals surface area (Å²) in [6, 6.07) is 0. The second kappa shape index (κ2) is 9.75. The van der Waals surface area contributed by atoms with Crippen LogP contribution in [0.4, 0.5) is 4.39 Å². The van der Waals surface area contributed by atoms with Crippen LogP contribution in [0.1, 0.15) is 76.0 Å². The third-order valence-electron chi connectivity index (χ3n) is 3.81. The van der Waals surface area contributed by atoms with Gasteiger partial charge >= 0.3 is 137 Å². The second-order valence-electron chi connectivity index (χ2n) is 5.50.